The van der Waals surface area contributed by atoms with Gasteiger partial charge in [-0.25, -0.2) is 5.43 Å². The van der Waals surface area contributed by atoms with E-state index in [1.165, 1.54) is 23.9 Å². The summed E-state index contributed by atoms with van der Waals surface area (Å²) in [6.45, 7) is 6.18. The quantitative estimate of drug-likeness (QED) is 0.282. The van der Waals surface area contributed by atoms with E-state index in [1.54, 1.807) is 6.07 Å². The lowest BCUT2D eigenvalue weighted by Crippen LogP contribution is -2.48. The fourth-order valence-electron chi connectivity index (χ4n) is 3.29. The van der Waals surface area contributed by atoms with Crippen molar-refractivity contribution in [2.24, 2.45) is 11.0 Å². The molecule has 8 heteroatoms. The van der Waals surface area contributed by atoms with Crippen molar-refractivity contribution in [1.29, 1.82) is 0 Å². The molecule has 0 aliphatic carbocycles. The Balaban J connectivity index is 1.54. The van der Waals surface area contributed by atoms with E-state index in [4.69, 9.17) is 27.9 Å². The number of ether oxygens (including phenoxy) is 1. The highest BCUT2D eigenvalue weighted by Gasteiger charge is 2.25. The molecule has 6 nitrogen and oxygen atoms in total. The van der Waals surface area contributed by atoms with Gasteiger partial charge in [0.2, 0.25) is 0 Å². The Morgan fingerprint density at radius 2 is 1.77 bits per heavy atom. The molecule has 35 heavy (non-hydrogen) atoms. The lowest BCUT2D eigenvalue weighted by Gasteiger charge is -2.20. The second-order valence-corrected chi connectivity index (χ2v) is 9.24. The van der Waals surface area contributed by atoms with E-state index >= 15 is 0 Å². The van der Waals surface area contributed by atoms with E-state index in [2.05, 4.69) is 21.9 Å². The minimum absolute atomic E-state index is 0.176. The molecule has 3 aromatic rings. The van der Waals surface area contributed by atoms with E-state index in [0.29, 0.717) is 11.6 Å². The van der Waals surface area contributed by atoms with Gasteiger partial charge in [-0.3, -0.25) is 9.59 Å². The summed E-state index contributed by atoms with van der Waals surface area (Å²) in [4.78, 5) is 25.3. The molecule has 3 aromatic carbocycles. The molecule has 0 heterocycles. The lowest BCUT2D eigenvalue weighted by molar-refractivity contribution is -0.123. The zero-order chi connectivity index (χ0) is 25.4. The smallest absolute Gasteiger partial charge is 0.262 e. The van der Waals surface area contributed by atoms with Gasteiger partial charge in [-0.05, 0) is 66.4 Å². The Morgan fingerprint density at radius 1 is 1.03 bits per heavy atom. The van der Waals surface area contributed by atoms with Crippen LogP contribution in [-0.4, -0.2) is 24.1 Å². The van der Waals surface area contributed by atoms with Crippen LogP contribution in [-0.2, 0) is 11.4 Å². The summed E-state index contributed by atoms with van der Waals surface area (Å²) in [7, 11) is 0. The van der Waals surface area contributed by atoms with E-state index < -0.39 is 17.9 Å². The molecule has 0 aromatic heterocycles. The summed E-state index contributed by atoms with van der Waals surface area (Å²) in [5.41, 5.74) is 5.80. The summed E-state index contributed by atoms with van der Waals surface area (Å²) in [5, 5.41) is 7.37. The predicted octanol–water partition coefficient (Wildman–Crippen LogP) is 5.79. The zero-order valence-corrected chi connectivity index (χ0v) is 21.2. The van der Waals surface area contributed by atoms with Crippen LogP contribution in [0, 0.1) is 12.8 Å². The highest BCUT2D eigenvalue weighted by molar-refractivity contribution is 6.36. The number of nitrogens with one attached hydrogen (secondary N) is 2. The Hall–Kier alpha value is -3.35. The van der Waals surface area contributed by atoms with Crippen LogP contribution in [0.4, 0.5) is 0 Å². The van der Waals surface area contributed by atoms with Gasteiger partial charge in [0.25, 0.3) is 11.8 Å². The molecule has 3 rings (SSSR count). The minimum atomic E-state index is -0.802. The van der Waals surface area contributed by atoms with E-state index in [0.717, 1.165) is 16.9 Å². The van der Waals surface area contributed by atoms with E-state index in [-0.39, 0.29) is 16.5 Å². The third-order valence-electron chi connectivity index (χ3n) is 5.17. The fourth-order valence-corrected chi connectivity index (χ4v) is 3.78. The maximum Gasteiger partial charge on any atom is 0.262 e. The van der Waals surface area contributed by atoms with Crippen molar-refractivity contribution in [2.75, 3.05) is 0 Å². The number of carbonyl (C=O) groups is 2. The Bertz CT molecular complexity index is 1210. The number of amides is 2. The van der Waals surface area contributed by atoms with Crippen LogP contribution >= 0.6 is 23.2 Å². The number of hydrogen-bond acceptors (Lipinski definition) is 4. The van der Waals surface area contributed by atoms with Crippen molar-refractivity contribution in [3.05, 3.63) is 99.0 Å². The Kier molecular flexibility index (Phi) is 9.29. The van der Waals surface area contributed by atoms with Crippen LogP contribution in [0.2, 0.25) is 10.0 Å². The topological polar surface area (TPSA) is 79.8 Å². The molecule has 2 N–H and O–H groups in total. The van der Waals surface area contributed by atoms with E-state index in [9.17, 15) is 9.59 Å². The summed E-state index contributed by atoms with van der Waals surface area (Å²) in [6, 6.07) is 19.3. The van der Waals surface area contributed by atoms with Gasteiger partial charge in [-0.15, -0.1) is 0 Å². The molecule has 0 fully saturated rings. The number of rotatable bonds is 9. The van der Waals surface area contributed by atoms with Gasteiger partial charge in [-0.2, -0.15) is 5.10 Å². The van der Waals surface area contributed by atoms with Crippen LogP contribution < -0.4 is 15.5 Å². The van der Waals surface area contributed by atoms with Gasteiger partial charge < -0.3 is 10.1 Å². The van der Waals surface area contributed by atoms with Gasteiger partial charge >= 0.3 is 0 Å². The first-order chi connectivity index (χ1) is 16.7. The van der Waals surface area contributed by atoms with E-state index in [1.807, 2.05) is 63.2 Å². The number of benzene rings is 3. The number of aryl methyl sites for hydroxylation is 1. The standard InChI is InChI=1S/C27H27Cl2N3O3/c1-17(2)25(31-26(33)23-12-9-21(28)14-24(23)29)27(34)32-30-15-19-7-10-22(11-8-19)35-16-20-6-4-5-18(3)13-20/h4-15,17,25H,16H2,1-3H3,(H,31,33)(H,32,34)/b30-15-. The molecule has 0 spiro atoms. The monoisotopic (exact) mass is 511 g/mol. The van der Waals surface area contributed by atoms with Gasteiger partial charge in [0, 0.05) is 5.02 Å². The molecule has 1 atom stereocenters. The number of hydrogen-bond donors (Lipinski definition) is 2. The predicted molar refractivity (Wildman–Crippen MR) is 140 cm³/mol. The van der Waals surface area contributed by atoms with Crippen LogP contribution in [0.5, 0.6) is 5.75 Å². The number of halogens is 2. The van der Waals surface area contributed by atoms with Crippen LogP contribution in [0.15, 0.2) is 71.8 Å². The molecular weight excluding hydrogens is 485 g/mol. The number of hydrazone groups is 1. The fraction of sp³-hybridized carbons (Fsp3) is 0.222. The number of nitrogens with zero attached hydrogens (tertiary/aromatic N) is 1. The molecule has 182 valence electrons. The molecule has 0 aliphatic heterocycles. The highest BCUT2D eigenvalue weighted by atomic mass is 35.5. The summed E-state index contributed by atoms with van der Waals surface area (Å²) >= 11 is 12.0. The van der Waals surface area contributed by atoms with Crippen LogP contribution in [0.25, 0.3) is 0 Å². The number of carbonyl (C=O) groups excluding carboxylic acids is 2. The van der Waals surface area contributed by atoms with Crippen LogP contribution in [0.3, 0.4) is 0 Å². The van der Waals surface area contributed by atoms with Crippen molar-refractivity contribution < 1.29 is 14.3 Å². The molecule has 0 aliphatic rings. The van der Waals surface area contributed by atoms with Gasteiger partial charge in [-0.1, -0.05) is 66.9 Å². The Labute approximate surface area is 215 Å². The zero-order valence-electron chi connectivity index (χ0n) is 19.7. The summed E-state index contributed by atoms with van der Waals surface area (Å²) < 4.78 is 5.82. The third kappa shape index (κ3) is 7.84. The van der Waals surface area contributed by atoms with Crippen molar-refractivity contribution in [3.63, 3.8) is 0 Å². The second kappa shape index (κ2) is 12.4. The SMILES string of the molecule is Cc1cccc(COc2ccc(/C=N\NC(=O)C(NC(=O)c3ccc(Cl)cc3Cl)C(C)C)cc2)c1. The molecule has 1 unspecified atom stereocenters. The molecule has 0 bridgehead atoms. The minimum Gasteiger partial charge on any atom is -0.489 e. The van der Waals surface area contributed by atoms with Crippen molar-refractivity contribution >= 4 is 41.2 Å². The highest BCUT2D eigenvalue weighted by Crippen LogP contribution is 2.21. The Morgan fingerprint density at radius 3 is 2.43 bits per heavy atom. The second-order valence-electron chi connectivity index (χ2n) is 8.40. The average Bonchev–Trinajstić information content (AvgIpc) is 2.81. The molecule has 2 amide bonds. The first-order valence-electron chi connectivity index (χ1n) is 11.1. The van der Waals surface area contributed by atoms with Gasteiger partial charge in [0.15, 0.2) is 0 Å². The van der Waals surface area contributed by atoms with Crippen LogP contribution in [0.1, 0.15) is 40.9 Å². The summed E-state index contributed by atoms with van der Waals surface area (Å²) in [6.07, 6.45) is 1.53. The maximum absolute atomic E-state index is 12.7. The molecule has 0 saturated heterocycles. The van der Waals surface area contributed by atoms with Gasteiger partial charge in [0.1, 0.15) is 18.4 Å². The third-order valence-corrected chi connectivity index (χ3v) is 5.72. The largest absolute Gasteiger partial charge is 0.489 e. The molecule has 0 saturated carbocycles. The average molecular weight is 512 g/mol. The first-order valence-corrected chi connectivity index (χ1v) is 11.9. The summed E-state index contributed by atoms with van der Waals surface area (Å²) in [5.74, 6) is -0.347. The lowest BCUT2D eigenvalue weighted by atomic mass is 10.0. The molecular formula is C27H27Cl2N3O3. The van der Waals surface area contributed by atoms with Gasteiger partial charge in [0.05, 0.1) is 16.8 Å². The maximum atomic E-state index is 12.7. The normalized spacial score (nSPS) is 11.9. The first kappa shape index (κ1) is 26.3. The van der Waals surface area contributed by atoms with Crippen molar-refractivity contribution in [3.8, 4) is 5.75 Å². The van der Waals surface area contributed by atoms with Crippen molar-refractivity contribution in [1.82, 2.24) is 10.7 Å². The molecule has 0 radical (unpaired) electrons. The van der Waals surface area contributed by atoms with Crippen molar-refractivity contribution in [2.45, 2.75) is 33.4 Å².